The highest BCUT2D eigenvalue weighted by atomic mass is 16.8. The Morgan fingerprint density at radius 2 is 1.59 bits per heavy atom. The highest BCUT2D eigenvalue weighted by molar-refractivity contribution is 5.15. The largest absolute Gasteiger partial charge is 0.387 e. The van der Waals surface area contributed by atoms with Gasteiger partial charge < -0.3 is 43.0 Å². The molecule has 0 amide bonds. The lowest BCUT2D eigenvalue weighted by atomic mass is 9.97. The molecule has 6 rings (SSSR count). The predicted molar refractivity (Wildman–Crippen MR) is 148 cm³/mol. The highest BCUT2D eigenvalue weighted by Crippen LogP contribution is 2.51. The fraction of sp³-hybridized carbons (Fsp3) is 0.562. The van der Waals surface area contributed by atoms with Crippen molar-refractivity contribution in [1.29, 1.82) is 0 Å². The average molecular weight is 569 g/mol. The lowest BCUT2D eigenvalue weighted by molar-refractivity contribution is -0.373. The maximum Gasteiger partial charge on any atom is 0.187 e. The van der Waals surface area contributed by atoms with Crippen LogP contribution in [0.3, 0.4) is 0 Å². The normalized spacial score (nSPS) is 39.9. The molecule has 3 saturated heterocycles. The zero-order valence-electron chi connectivity index (χ0n) is 23.6. The quantitative estimate of drug-likeness (QED) is 0.409. The predicted octanol–water partition coefficient (Wildman–Crippen LogP) is 3.52. The first kappa shape index (κ1) is 28.9. The molecule has 1 aliphatic carbocycles. The number of aliphatic hydroxyl groups excluding tert-OH is 1. The molecule has 222 valence electrons. The molecular formula is C32H40O9. The van der Waals surface area contributed by atoms with E-state index in [2.05, 4.69) is 6.58 Å². The number of rotatable bonds is 11. The summed E-state index contributed by atoms with van der Waals surface area (Å²) >= 11 is 0. The number of aliphatic hydroxyl groups is 1. The molecule has 4 fully saturated rings. The van der Waals surface area contributed by atoms with E-state index in [4.69, 9.17) is 37.9 Å². The van der Waals surface area contributed by atoms with Crippen molar-refractivity contribution in [2.75, 3.05) is 13.2 Å². The third kappa shape index (κ3) is 6.44. The second-order valence-corrected chi connectivity index (χ2v) is 11.4. The summed E-state index contributed by atoms with van der Waals surface area (Å²) in [4.78, 5) is 0. The van der Waals surface area contributed by atoms with Gasteiger partial charge in [0.25, 0.3) is 0 Å². The van der Waals surface area contributed by atoms with E-state index in [9.17, 15) is 5.11 Å². The van der Waals surface area contributed by atoms with E-state index in [1.165, 1.54) is 0 Å². The molecule has 41 heavy (non-hydrogen) atoms. The maximum atomic E-state index is 11.5. The van der Waals surface area contributed by atoms with Crippen molar-refractivity contribution in [3.63, 3.8) is 0 Å². The van der Waals surface area contributed by atoms with Gasteiger partial charge in [-0.2, -0.15) is 0 Å². The molecule has 0 bridgehead atoms. The second kappa shape index (κ2) is 12.6. The van der Waals surface area contributed by atoms with Crippen molar-refractivity contribution in [2.45, 2.75) is 100 Å². The number of benzene rings is 2. The summed E-state index contributed by atoms with van der Waals surface area (Å²) in [7, 11) is 0. The summed E-state index contributed by atoms with van der Waals surface area (Å²) in [5.41, 5.74) is 1.63. The minimum absolute atomic E-state index is 0.0148. The molecule has 11 atom stereocenters. The summed E-state index contributed by atoms with van der Waals surface area (Å²) in [5, 5.41) is 11.5. The van der Waals surface area contributed by atoms with E-state index in [0.29, 0.717) is 13.2 Å². The topological polar surface area (TPSA) is 94.1 Å². The molecule has 3 aliphatic heterocycles. The lowest BCUT2D eigenvalue weighted by Crippen LogP contribution is -2.65. The van der Waals surface area contributed by atoms with Crippen LogP contribution in [-0.2, 0) is 51.1 Å². The van der Waals surface area contributed by atoms with Gasteiger partial charge in [0.15, 0.2) is 12.6 Å². The molecule has 0 radical (unpaired) electrons. The van der Waals surface area contributed by atoms with Gasteiger partial charge in [0, 0.05) is 6.42 Å². The Morgan fingerprint density at radius 3 is 2.27 bits per heavy atom. The Labute approximate surface area is 241 Å². The first-order valence-corrected chi connectivity index (χ1v) is 14.4. The summed E-state index contributed by atoms with van der Waals surface area (Å²) in [6, 6.07) is 19.6. The molecule has 9 heteroatoms. The van der Waals surface area contributed by atoms with Crippen LogP contribution in [0.2, 0.25) is 0 Å². The number of fused-ring (bicyclic) bond motifs is 2. The molecular weight excluding hydrogens is 528 g/mol. The highest BCUT2D eigenvalue weighted by Gasteiger charge is 2.64. The van der Waals surface area contributed by atoms with E-state index in [1.54, 1.807) is 6.08 Å². The maximum absolute atomic E-state index is 11.5. The van der Waals surface area contributed by atoms with Crippen LogP contribution in [0.1, 0.15) is 31.4 Å². The molecule has 2 aromatic rings. The van der Waals surface area contributed by atoms with Crippen molar-refractivity contribution < 1.29 is 43.0 Å². The van der Waals surface area contributed by atoms with Crippen LogP contribution >= 0.6 is 0 Å². The molecule has 1 saturated carbocycles. The zero-order valence-corrected chi connectivity index (χ0v) is 23.6. The van der Waals surface area contributed by atoms with Crippen molar-refractivity contribution in [3.8, 4) is 0 Å². The first-order valence-electron chi connectivity index (χ1n) is 14.4. The molecule has 4 aliphatic rings. The van der Waals surface area contributed by atoms with E-state index in [1.807, 2.05) is 74.5 Å². The van der Waals surface area contributed by atoms with E-state index < -0.39 is 55.3 Å². The molecule has 0 aromatic heterocycles. The van der Waals surface area contributed by atoms with Crippen molar-refractivity contribution in [2.24, 2.45) is 0 Å². The van der Waals surface area contributed by atoms with Gasteiger partial charge in [-0.3, -0.25) is 0 Å². The number of hydrogen-bond acceptors (Lipinski definition) is 9. The Bertz CT molecular complexity index is 1130. The third-order valence-electron chi connectivity index (χ3n) is 8.24. The van der Waals surface area contributed by atoms with Gasteiger partial charge in [-0.1, -0.05) is 66.7 Å². The Balaban J connectivity index is 1.18. The Hall–Kier alpha value is -2.18. The summed E-state index contributed by atoms with van der Waals surface area (Å²) in [6.45, 7) is 8.79. The van der Waals surface area contributed by atoms with Crippen LogP contribution in [0.15, 0.2) is 73.3 Å². The number of hydrogen-bond donors (Lipinski definition) is 1. The van der Waals surface area contributed by atoms with Gasteiger partial charge in [-0.05, 0) is 25.0 Å². The summed E-state index contributed by atoms with van der Waals surface area (Å²) < 4.78 is 50.2. The lowest BCUT2D eigenvalue weighted by Gasteiger charge is -2.50. The van der Waals surface area contributed by atoms with Crippen molar-refractivity contribution in [1.82, 2.24) is 0 Å². The van der Waals surface area contributed by atoms with E-state index in [0.717, 1.165) is 17.5 Å². The molecule has 6 unspecified atom stereocenters. The summed E-state index contributed by atoms with van der Waals surface area (Å²) in [5.74, 6) is 0. The Morgan fingerprint density at radius 1 is 0.902 bits per heavy atom. The van der Waals surface area contributed by atoms with Gasteiger partial charge in [-0.25, -0.2) is 0 Å². The number of ether oxygens (including phenoxy) is 8. The van der Waals surface area contributed by atoms with Gasteiger partial charge in [0.1, 0.15) is 36.6 Å². The van der Waals surface area contributed by atoms with Gasteiger partial charge in [0.2, 0.25) is 0 Å². The van der Waals surface area contributed by atoms with E-state index in [-0.39, 0.29) is 24.9 Å². The van der Waals surface area contributed by atoms with Crippen LogP contribution in [0.4, 0.5) is 0 Å². The van der Waals surface area contributed by atoms with Gasteiger partial charge >= 0.3 is 0 Å². The minimum atomic E-state index is -0.990. The Kier molecular flexibility index (Phi) is 8.88. The fourth-order valence-corrected chi connectivity index (χ4v) is 5.76. The van der Waals surface area contributed by atoms with Gasteiger partial charge in [-0.15, -0.1) is 6.58 Å². The summed E-state index contributed by atoms with van der Waals surface area (Å²) in [6.07, 6.45) is -3.33. The van der Waals surface area contributed by atoms with Crippen LogP contribution in [0.5, 0.6) is 0 Å². The average Bonchev–Trinajstić information content (AvgIpc) is 3.67. The standard InChI is InChI=1S/C32H40O9/c1-4-15-34-31-29-28(39-24-16-32(24,3)41-29)26(20(2)38-31)40-30-27(36-18-22-13-9-6-10-14-22)25(33)23(19-37-30)35-17-21-11-7-5-8-12-21/h4-14,20,23-31,33H,1,15-19H2,2-3H3/t20?,23-,24?,25?,26+,27?,28?,29?,30+,31-,32-/m1/s1. The first-order chi connectivity index (χ1) is 19.9. The van der Waals surface area contributed by atoms with Gasteiger partial charge in [0.05, 0.1) is 44.2 Å². The van der Waals surface area contributed by atoms with E-state index >= 15 is 0 Å². The third-order valence-corrected chi connectivity index (χ3v) is 8.24. The smallest absolute Gasteiger partial charge is 0.187 e. The SMILES string of the molecule is C=CCO[C@@H]1OC(C)[C@H](O[C@@H]2OC[C@@H](OCc3ccccc3)C(O)C2OCc2ccccc2)C2OC3C[C@@]3(C)OC21. The second-order valence-electron chi connectivity index (χ2n) is 11.4. The molecule has 9 nitrogen and oxygen atoms in total. The van der Waals surface area contributed by atoms with Crippen LogP contribution in [-0.4, -0.2) is 85.3 Å². The minimum Gasteiger partial charge on any atom is -0.387 e. The monoisotopic (exact) mass is 568 g/mol. The molecule has 3 heterocycles. The van der Waals surface area contributed by atoms with Crippen molar-refractivity contribution in [3.05, 3.63) is 84.4 Å². The zero-order chi connectivity index (χ0) is 28.4. The van der Waals surface area contributed by atoms with Crippen LogP contribution in [0.25, 0.3) is 0 Å². The van der Waals surface area contributed by atoms with Crippen LogP contribution in [0, 0.1) is 0 Å². The van der Waals surface area contributed by atoms with Crippen LogP contribution < -0.4 is 0 Å². The molecule has 1 N–H and O–H groups in total. The fourth-order valence-electron chi connectivity index (χ4n) is 5.76. The molecule has 0 spiro atoms. The van der Waals surface area contributed by atoms with Crippen molar-refractivity contribution >= 4 is 0 Å². The molecule has 2 aromatic carbocycles.